The van der Waals surface area contributed by atoms with Gasteiger partial charge in [-0.15, -0.1) is 0 Å². The number of nitrogens with one attached hydrogen (secondary N) is 1. The van der Waals surface area contributed by atoms with E-state index >= 15 is 0 Å². The van der Waals surface area contributed by atoms with Crippen molar-refractivity contribution in [2.75, 3.05) is 6.54 Å². The predicted molar refractivity (Wildman–Crippen MR) is 32.7 cm³/mol. The maximum absolute atomic E-state index is 8.99. The topological polar surface area (TPSA) is 32.3 Å². The summed E-state index contributed by atoms with van der Waals surface area (Å²) in [6.07, 6.45) is 2.19. The summed E-state index contributed by atoms with van der Waals surface area (Å²) in [6.45, 7) is 2.92. The van der Waals surface area contributed by atoms with Crippen LogP contribution in [0.5, 0.6) is 0 Å². The lowest BCUT2D eigenvalue weighted by molar-refractivity contribution is 0.154. The Kier molecular flexibility index (Phi) is 1.86. The van der Waals surface area contributed by atoms with Crippen LogP contribution in [0.1, 0.15) is 19.8 Å². The Bertz CT molecular complexity index is 66.9. The van der Waals surface area contributed by atoms with Crippen molar-refractivity contribution in [2.45, 2.75) is 31.9 Å². The molecule has 0 spiro atoms. The van der Waals surface area contributed by atoms with Crippen molar-refractivity contribution < 1.29 is 5.11 Å². The van der Waals surface area contributed by atoms with Crippen molar-refractivity contribution in [3.63, 3.8) is 0 Å². The largest absolute Gasteiger partial charge is 0.392 e. The minimum absolute atomic E-state index is 0.169. The van der Waals surface area contributed by atoms with Gasteiger partial charge in [-0.2, -0.15) is 0 Å². The molecule has 48 valence electrons. The second-order valence-electron chi connectivity index (χ2n) is 2.44. The standard InChI is InChI=1S/C6H13NO/c1-5(8)6-3-2-4-7-6/h5-8H,2-4H2,1H3/t5-,6?/m1/s1. The van der Waals surface area contributed by atoms with E-state index in [9.17, 15) is 0 Å². The van der Waals surface area contributed by atoms with Crippen molar-refractivity contribution in [2.24, 2.45) is 0 Å². The Balaban J connectivity index is 2.24. The number of aliphatic hydroxyl groups is 1. The van der Waals surface area contributed by atoms with E-state index in [0.29, 0.717) is 6.04 Å². The Morgan fingerprint density at radius 1 is 1.75 bits per heavy atom. The first kappa shape index (κ1) is 6.05. The molecule has 1 fully saturated rings. The van der Waals surface area contributed by atoms with Gasteiger partial charge in [-0.1, -0.05) is 0 Å². The molecule has 0 aliphatic carbocycles. The van der Waals surface area contributed by atoms with Crippen molar-refractivity contribution in [3.05, 3.63) is 0 Å². The lowest BCUT2D eigenvalue weighted by Gasteiger charge is -2.11. The van der Waals surface area contributed by atoms with Gasteiger partial charge >= 0.3 is 0 Å². The highest BCUT2D eigenvalue weighted by Gasteiger charge is 2.17. The Labute approximate surface area is 49.9 Å². The molecule has 1 aliphatic rings. The van der Waals surface area contributed by atoms with E-state index in [1.165, 1.54) is 6.42 Å². The third kappa shape index (κ3) is 1.20. The maximum atomic E-state index is 8.99. The molecule has 1 heterocycles. The van der Waals surface area contributed by atoms with Gasteiger partial charge in [0.05, 0.1) is 6.10 Å². The molecule has 1 unspecified atom stereocenters. The van der Waals surface area contributed by atoms with Crippen molar-refractivity contribution in [3.8, 4) is 0 Å². The summed E-state index contributed by atoms with van der Waals surface area (Å²) in [5.74, 6) is 0. The van der Waals surface area contributed by atoms with Gasteiger partial charge in [0.15, 0.2) is 0 Å². The van der Waals surface area contributed by atoms with Crippen LogP contribution in [-0.4, -0.2) is 23.8 Å². The molecular formula is C6H13NO. The minimum Gasteiger partial charge on any atom is -0.392 e. The molecule has 8 heavy (non-hydrogen) atoms. The molecule has 0 amide bonds. The van der Waals surface area contributed by atoms with E-state index in [1.54, 1.807) is 0 Å². The van der Waals surface area contributed by atoms with Crippen LogP contribution in [0.2, 0.25) is 0 Å². The average Bonchev–Trinajstić information content (AvgIpc) is 2.12. The normalized spacial score (nSPS) is 33.0. The van der Waals surface area contributed by atoms with Crippen molar-refractivity contribution >= 4 is 0 Å². The van der Waals surface area contributed by atoms with E-state index in [0.717, 1.165) is 13.0 Å². The monoisotopic (exact) mass is 115 g/mol. The van der Waals surface area contributed by atoms with E-state index < -0.39 is 0 Å². The van der Waals surface area contributed by atoms with Gasteiger partial charge in [-0.05, 0) is 26.3 Å². The first-order valence-corrected chi connectivity index (χ1v) is 3.22. The van der Waals surface area contributed by atoms with E-state index in [1.807, 2.05) is 6.92 Å². The van der Waals surface area contributed by atoms with E-state index in [2.05, 4.69) is 5.32 Å². The Morgan fingerprint density at radius 3 is 2.75 bits per heavy atom. The van der Waals surface area contributed by atoms with Gasteiger partial charge in [0.25, 0.3) is 0 Å². The molecule has 2 nitrogen and oxygen atoms in total. The second kappa shape index (κ2) is 2.46. The molecule has 0 saturated carbocycles. The summed E-state index contributed by atoms with van der Waals surface area (Å²) in [5.41, 5.74) is 0. The van der Waals surface area contributed by atoms with Crippen LogP contribution in [-0.2, 0) is 0 Å². The molecule has 0 aromatic carbocycles. The minimum atomic E-state index is -0.169. The first-order valence-electron chi connectivity index (χ1n) is 3.22. The summed E-state index contributed by atoms with van der Waals surface area (Å²) < 4.78 is 0. The maximum Gasteiger partial charge on any atom is 0.0665 e. The molecule has 1 rings (SSSR count). The smallest absolute Gasteiger partial charge is 0.0665 e. The van der Waals surface area contributed by atoms with Gasteiger partial charge in [0.2, 0.25) is 0 Å². The fourth-order valence-electron chi connectivity index (χ4n) is 1.12. The zero-order valence-corrected chi connectivity index (χ0v) is 5.22. The molecule has 0 aromatic heterocycles. The van der Waals surface area contributed by atoms with Crippen LogP contribution < -0.4 is 5.32 Å². The SMILES string of the molecule is C[C@@H](O)C1CCCN1. The van der Waals surface area contributed by atoms with Gasteiger partial charge in [-0.25, -0.2) is 0 Å². The molecule has 0 aromatic rings. The fourth-order valence-corrected chi connectivity index (χ4v) is 1.12. The van der Waals surface area contributed by atoms with Crippen LogP contribution in [0.15, 0.2) is 0 Å². The molecule has 1 saturated heterocycles. The molecule has 0 radical (unpaired) electrons. The third-order valence-electron chi connectivity index (χ3n) is 1.68. The quantitative estimate of drug-likeness (QED) is 0.508. The van der Waals surface area contributed by atoms with Gasteiger partial charge in [0.1, 0.15) is 0 Å². The fraction of sp³-hybridized carbons (Fsp3) is 1.00. The molecule has 0 bridgehead atoms. The third-order valence-corrected chi connectivity index (χ3v) is 1.68. The lowest BCUT2D eigenvalue weighted by atomic mass is 10.1. The Hall–Kier alpha value is -0.0800. The average molecular weight is 115 g/mol. The van der Waals surface area contributed by atoms with Crippen LogP contribution in [0.3, 0.4) is 0 Å². The summed E-state index contributed by atoms with van der Waals surface area (Å²) in [5, 5.41) is 12.2. The van der Waals surface area contributed by atoms with E-state index in [-0.39, 0.29) is 6.10 Å². The Morgan fingerprint density at radius 2 is 2.50 bits per heavy atom. The molecule has 1 aliphatic heterocycles. The number of hydrogen-bond donors (Lipinski definition) is 2. The zero-order chi connectivity index (χ0) is 5.98. The lowest BCUT2D eigenvalue weighted by Crippen LogP contribution is -2.32. The summed E-state index contributed by atoms with van der Waals surface area (Å²) >= 11 is 0. The number of hydrogen-bond acceptors (Lipinski definition) is 2. The van der Waals surface area contributed by atoms with Crippen LogP contribution in [0.4, 0.5) is 0 Å². The van der Waals surface area contributed by atoms with Crippen LogP contribution >= 0.6 is 0 Å². The highest BCUT2D eigenvalue weighted by atomic mass is 16.3. The summed E-state index contributed by atoms with van der Waals surface area (Å²) in [6, 6.07) is 0.370. The van der Waals surface area contributed by atoms with Gasteiger partial charge < -0.3 is 10.4 Å². The summed E-state index contributed by atoms with van der Waals surface area (Å²) in [7, 11) is 0. The predicted octanol–water partition coefficient (Wildman–Crippen LogP) is 0.119. The molecule has 2 atom stereocenters. The zero-order valence-electron chi connectivity index (χ0n) is 5.22. The summed E-state index contributed by atoms with van der Waals surface area (Å²) in [4.78, 5) is 0. The van der Waals surface area contributed by atoms with Crippen molar-refractivity contribution in [1.82, 2.24) is 5.32 Å². The molecular weight excluding hydrogens is 102 g/mol. The van der Waals surface area contributed by atoms with E-state index in [4.69, 9.17) is 5.11 Å². The molecule has 2 N–H and O–H groups in total. The number of aliphatic hydroxyl groups excluding tert-OH is 1. The highest BCUT2D eigenvalue weighted by molar-refractivity contribution is 4.77. The van der Waals surface area contributed by atoms with Gasteiger partial charge in [0, 0.05) is 6.04 Å². The number of rotatable bonds is 1. The van der Waals surface area contributed by atoms with Gasteiger partial charge in [-0.3, -0.25) is 0 Å². The van der Waals surface area contributed by atoms with Crippen molar-refractivity contribution in [1.29, 1.82) is 0 Å². The highest BCUT2D eigenvalue weighted by Crippen LogP contribution is 2.07. The van der Waals surface area contributed by atoms with Crippen LogP contribution in [0.25, 0.3) is 0 Å². The molecule has 2 heteroatoms. The first-order chi connectivity index (χ1) is 3.80. The van der Waals surface area contributed by atoms with Crippen LogP contribution in [0, 0.1) is 0 Å². The second-order valence-corrected chi connectivity index (χ2v) is 2.44.